The van der Waals surface area contributed by atoms with E-state index in [1.807, 2.05) is 30.3 Å². The van der Waals surface area contributed by atoms with Gasteiger partial charge in [-0.2, -0.15) is 0 Å². The average Bonchev–Trinajstić information content (AvgIpc) is 2.71. The number of aliphatic hydroxyl groups excluding tert-OH is 1. The highest BCUT2D eigenvalue weighted by Gasteiger charge is 2.32. The van der Waals surface area contributed by atoms with Gasteiger partial charge in [-0.05, 0) is 36.1 Å². The van der Waals surface area contributed by atoms with Crippen LogP contribution in [-0.4, -0.2) is 37.8 Å². The van der Waals surface area contributed by atoms with Crippen LogP contribution in [0.25, 0.3) is 0 Å². The number of benzene rings is 2. The standard InChI is InChI=1S/C21H25F3N2O3/c1-28-19-8-7-17(29-21(22,23)24)10-16(19)12-25-18-9-14(13-27)11-26-20(18)15-5-3-2-4-6-15/h2-8,10,14,18,20,25-27H,9,11-13H2,1H3/t14-,18+,20+/m1/s1. The summed E-state index contributed by atoms with van der Waals surface area (Å²) in [5.74, 6) is 0.296. The van der Waals surface area contributed by atoms with Crippen molar-refractivity contribution in [3.05, 3.63) is 59.7 Å². The number of piperidine rings is 1. The molecule has 3 N–H and O–H groups in total. The van der Waals surface area contributed by atoms with E-state index in [9.17, 15) is 18.3 Å². The maximum atomic E-state index is 12.6. The highest BCUT2D eigenvalue weighted by molar-refractivity contribution is 5.40. The molecule has 1 aliphatic heterocycles. The highest BCUT2D eigenvalue weighted by atomic mass is 19.4. The summed E-state index contributed by atoms with van der Waals surface area (Å²) in [5, 5.41) is 16.5. The number of rotatable bonds is 7. The van der Waals surface area contributed by atoms with Crippen LogP contribution < -0.4 is 20.1 Å². The molecular formula is C21H25F3N2O3. The third kappa shape index (κ3) is 5.85. The number of halogens is 3. The number of hydrogen-bond donors (Lipinski definition) is 3. The molecule has 0 radical (unpaired) electrons. The van der Waals surface area contributed by atoms with E-state index < -0.39 is 6.36 Å². The topological polar surface area (TPSA) is 62.8 Å². The van der Waals surface area contributed by atoms with Crippen LogP contribution >= 0.6 is 0 Å². The Bertz CT molecular complexity index is 786. The van der Waals surface area contributed by atoms with E-state index in [0.717, 1.165) is 12.0 Å². The van der Waals surface area contributed by atoms with Gasteiger partial charge in [0.25, 0.3) is 0 Å². The zero-order chi connectivity index (χ0) is 20.9. The Kier molecular flexibility index (Phi) is 7.00. The lowest BCUT2D eigenvalue weighted by molar-refractivity contribution is -0.274. The molecule has 5 nitrogen and oxygen atoms in total. The van der Waals surface area contributed by atoms with Crippen molar-refractivity contribution in [2.45, 2.75) is 31.4 Å². The minimum absolute atomic E-state index is 0.0137. The van der Waals surface area contributed by atoms with Gasteiger partial charge in [-0.1, -0.05) is 30.3 Å². The molecular weight excluding hydrogens is 385 g/mol. The van der Waals surface area contributed by atoms with Crippen molar-refractivity contribution >= 4 is 0 Å². The van der Waals surface area contributed by atoms with Crippen LogP contribution in [0, 0.1) is 5.92 Å². The van der Waals surface area contributed by atoms with Crippen LogP contribution in [0.4, 0.5) is 13.2 Å². The second-order valence-electron chi connectivity index (χ2n) is 7.09. The van der Waals surface area contributed by atoms with E-state index in [2.05, 4.69) is 15.4 Å². The Hall–Kier alpha value is -2.29. The van der Waals surface area contributed by atoms with E-state index >= 15 is 0 Å². The summed E-state index contributed by atoms with van der Waals surface area (Å²) in [7, 11) is 1.47. The Morgan fingerprint density at radius 1 is 1.17 bits per heavy atom. The van der Waals surface area contributed by atoms with E-state index in [0.29, 0.717) is 24.4 Å². The zero-order valence-electron chi connectivity index (χ0n) is 16.1. The number of alkyl halides is 3. The molecule has 0 aromatic heterocycles. The molecule has 0 saturated carbocycles. The molecule has 1 aliphatic rings. The lowest BCUT2D eigenvalue weighted by atomic mass is 9.86. The molecule has 158 valence electrons. The van der Waals surface area contributed by atoms with Gasteiger partial charge < -0.3 is 25.2 Å². The molecule has 0 aliphatic carbocycles. The van der Waals surface area contributed by atoms with Gasteiger partial charge in [0.15, 0.2) is 0 Å². The quantitative estimate of drug-likeness (QED) is 0.653. The van der Waals surface area contributed by atoms with Crippen molar-refractivity contribution in [3.8, 4) is 11.5 Å². The first-order valence-corrected chi connectivity index (χ1v) is 9.45. The summed E-state index contributed by atoms with van der Waals surface area (Å²) in [5.41, 5.74) is 1.68. The summed E-state index contributed by atoms with van der Waals surface area (Å²) in [6.45, 7) is 1.07. The van der Waals surface area contributed by atoms with Crippen molar-refractivity contribution in [3.63, 3.8) is 0 Å². The molecule has 0 amide bonds. The van der Waals surface area contributed by atoms with Gasteiger partial charge in [0, 0.05) is 37.3 Å². The SMILES string of the molecule is COc1ccc(OC(F)(F)F)cc1CN[C@H]1C[C@@H](CO)CN[C@H]1c1ccccc1. The molecule has 2 aromatic carbocycles. The Labute approximate surface area is 167 Å². The van der Waals surface area contributed by atoms with Crippen LogP contribution in [0.5, 0.6) is 11.5 Å². The number of hydrogen-bond acceptors (Lipinski definition) is 5. The van der Waals surface area contributed by atoms with Crippen molar-refractivity contribution in [2.75, 3.05) is 20.3 Å². The van der Waals surface area contributed by atoms with Crippen molar-refractivity contribution in [1.29, 1.82) is 0 Å². The fraction of sp³-hybridized carbons (Fsp3) is 0.429. The minimum Gasteiger partial charge on any atom is -0.496 e. The number of nitrogens with one attached hydrogen (secondary N) is 2. The van der Waals surface area contributed by atoms with Gasteiger partial charge in [0.2, 0.25) is 0 Å². The molecule has 2 aromatic rings. The van der Waals surface area contributed by atoms with Crippen LogP contribution in [0.3, 0.4) is 0 Å². The summed E-state index contributed by atoms with van der Waals surface area (Å²) in [4.78, 5) is 0. The molecule has 1 fully saturated rings. The molecule has 0 spiro atoms. The Morgan fingerprint density at radius 3 is 2.59 bits per heavy atom. The molecule has 1 heterocycles. The summed E-state index contributed by atoms with van der Waals surface area (Å²) < 4.78 is 47.0. The number of ether oxygens (including phenoxy) is 2. The fourth-order valence-electron chi connectivity index (χ4n) is 3.70. The molecule has 3 atom stereocenters. The molecule has 1 saturated heterocycles. The van der Waals surface area contributed by atoms with Gasteiger partial charge in [-0.3, -0.25) is 0 Å². The molecule has 3 rings (SSSR count). The first kappa shape index (κ1) is 21.4. The third-order valence-electron chi connectivity index (χ3n) is 5.07. The maximum absolute atomic E-state index is 12.6. The van der Waals surface area contributed by atoms with Crippen LogP contribution in [0.2, 0.25) is 0 Å². The normalized spacial score (nSPS) is 22.3. The van der Waals surface area contributed by atoms with Crippen LogP contribution in [-0.2, 0) is 6.54 Å². The molecule has 29 heavy (non-hydrogen) atoms. The van der Waals surface area contributed by atoms with Gasteiger partial charge in [0.1, 0.15) is 11.5 Å². The Balaban J connectivity index is 1.77. The lowest BCUT2D eigenvalue weighted by Crippen LogP contribution is -2.49. The largest absolute Gasteiger partial charge is 0.573 e. The summed E-state index contributed by atoms with van der Waals surface area (Å²) in [6, 6.07) is 14.0. The summed E-state index contributed by atoms with van der Waals surface area (Å²) in [6.07, 6.45) is -4.01. The smallest absolute Gasteiger partial charge is 0.496 e. The van der Waals surface area contributed by atoms with Crippen molar-refractivity contribution in [2.24, 2.45) is 5.92 Å². The van der Waals surface area contributed by atoms with E-state index in [1.54, 1.807) is 0 Å². The minimum atomic E-state index is -4.75. The van der Waals surface area contributed by atoms with Gasteiger partial charge in [-0.25, -0.2) is 0 Å². The van der Waals surface area contributed by atoms with Crippen molar-refractivity contribution < 1.29 is 27.8 Å². The van der Waals surface area contributed by atoms with Crippen LogP contribution in [0.15, 0.2) is 48.5 Å². The van der Waals surface area contributed by atoms with E-state index in [-0.39, 0.29) is 30.4 Å². The van der Waals surface area contributed by atoms with Gasteiger partial charge in [-0.15, -0.1) is 13.2 Å². The third-order valence-corrected chi connectivity index (χ3v) is 5.07. The van der Waals surface area contributed by atoms with Gasteiger partial charge in [0.05, 0.1) is 7.11 Å². The fourth-order valence-corrected chi connectivity index (χ4v) is 3.70. The second-order valence-corrected chi connectivity index (χ2v) is 7.09. The van der Waals surface area contributed by atoms with E-state index in [4.69, 9.17) is 4.74 Å². The molecule has 8 heteroatoms. The second kappa shape index (κ2) is 9.47. The average molecular weight is 410 g/mol. The predicted molar refractivity (Wildman–Crippen MR) is 103 cm³/mol. The lowest BCUT2D eigenvalue weighted by Gasteiger charge is -2.37. The van der Waals surface area contributed by atoms with Gasteiger partial charge >= 0.3 is 6.36 Å². The predicted octanol–water partition coefficient (Wildman–Crippen LogP) is 3.40. The number of methoxy groups -OCH3 is 1. The first-order valence-electron chi connectivity index (χ1n) is 9.45. The van der Waals surface area contributed by atoms with Crippen LogP contribution in [0.1, 0.15) is 23.6 Å². The maximum Gasteiger partial charge on any atom is 0.573 e. The number of aliphatic hydroxyl groups is 1. The monoisotopic (exact) mass is 410 g/mol. The summed E-state index contributed by atoms with van der Waals surface area (Å²) >= 11 is 0. The first-order chi connectivity index (χ1) is 13.9. The highest BCUT2D eigenvalue weighted by Crippen LogP contribution is 2.30. The van der Waals surface area contributed by atoms with E-state index in [1.165, 1.54) is 25.3 Å². The van der Waals surface area contributed by atoms with Crippen molar-refractivity contribution in [1.82, 2.24) is 10.6 Å². The molecule has 0 unspecified atom stereocenters. The zero-order valence-corrected chi connectivity index (χ0v) is 16.1. The molecule has 0 bridgehead atoms. The Morgan fingerprint density at radius 2 is 1.93 bits per heavy atom.